The number of primary amides is 2. The van der Waals surface area contributed by atoms with Crippen LogP contribution in [0, 0.1) is 5.92 Å². The molecule has 442 valence electrons. The van der Waals surface area contributed by atoms with Crippen LogP contribution >= 0.6 is 11.8 Å². The predicted octanol–water partition coefficient (Wildman–Crippen LogP) is -4.72. The van der Waals surface area contributed by atoms with Gasteiger partial charge in [0.25, 0.3) is 0 Å². The first-order chi connectivity index (χ1) is 37.7. The Morgan fingerprint density at radius 3 is 1.59 bits per heavy atom. The zero-order valence-electron chi connectivity index (χ0n) is 45.1. The number of nitrogens with two attached hydrogens (primary N) is 4. The number of thioether (sulfide) groups is 1. The van der Waals surface area contributed by atoms with E-state index in [9.17, 15) is 72.9 Å². The summed E-state index contributed by atoms with van der Waals surface area (Å²) in [5.41, 5.74) is 22.9. The predicted molar refractivity (Wildman–Crippen MR) is 292 cm³/mol. The second kappa shape index (κ2) is 35.6. The average molecular weight is 1140 g/mol. The number of carbonyl (C=O) groups excluding carboxylic acids is 11. The van der Waals surface area contributed by atoms with Crippen molar-refractivity contribution in [3.05, 3.63) is 65.7 Å². The van der Waals surface area contributed by atoms with Crippen molar-refractivity contribution in [2.75, 3.05) is 31.6 Å². The molecule has 9 atom stereocenters. The molecule has 0 saturated heterocycles. The second-order valence-electron chi connectivity index (χ2n) is 19.2. The lowest BCUT2D eigenvalue weighted by Gasteiger charge is -2.27. The van der Waals surface area contributed by atoms with E-state index in [1.807, 2.05) is 20.1 Å². The molecule has 0 aliphatic heterocycles. The number of carboxylic acid groups (broad SMARTS) is 1. The van der Waals surface area contributed by atoms with E-state index in [0.29, 0.717) is 23.3 Å². The summed E-state index contributed by atoms with van der Waals surface area (Å²) in [4.78, 5) is 157. The number of aromatic hydroxyl groups is 1. The number of hydrogen-bond acceptors (Lipinski definition) is 17. The molecule has 0 saturated carbocycles. The van der Waals surface area contributed by atoms with Crippen molar-refractivity contribution in [2.45, 2.75) is 133 Å². The van der Waals surface area contributed by atoms with Gasteiger partial charge >= 0.3 is 5.97 Å². The van der Waals surface area contributed by atoms with Crippen molar-refractivity contribution < 1.29 is 72.9 Å². The maximum atomic E-state index is 14.5. The number of aliphatic carboxylic acids is 1. The molecule has 11 amide bonds. The van der Waals surface area contributed by atoms with Gasteiger partial charge in [-0.15, -0.1) is 0 Å². The maximum Gasteiger partial charge on any atom is 0.305 e. The van der Waals surface area contributed by atoms with Gasteiger partial charge in [-0.05, 0) is 86.8 Å². The molecule has 0 heterocycles. The number of aliphatic hydroxyl groups is 1. The Hall–Kier alpha value is -7.89. The van der Waals surface area contributed by atoms with Crippen molar-refractivity contribution >= 4 is 82.7 Å². The van der Waals surface area contributed by atoms with Crippen LogP contribution in [-0.2, 0) is 70.4 Å². The highest BCUT2D eigenvalue weighted by molar-refractivity contribution is 7.98. The topological polar surface area (TPSA) is 478 Å². The summed E-state index contributed by atoms with van der Waals surface area (Å²) < 4.78 is 0. The number of phenols is 1. The molecule has 0 spiro atoms. The van der Waals surface area contributed by atoms with Gasteiger partial charge in [-0.3, -0.25) is 57.5 Å². The number of rotatable bonds is 37. The van der Waals surface area contributed by atoms with Gasteiger partial charge in [0.15, 0.2) is 0 Å². The van der Waals surface area contributed by atoms with E-state index in [1.54, 1.807) is 30.3 Å². The minimum Gasteiger partial charge on any atom is -0.508 e. The smallest absolute Gasteiger partial charge is 0.305 e. The molecule has 29 heteroatoms. The number of hydrogen-bond donors (Lipinski definition) is 16. The number of phenolic OH excluding ortho intramolecular Hbond substituents is 1. The number of carboxylic acids is 1. The fourth-order valence-electron chi connectivity index (χ4n) is 7.63. The SMILES string of the molecule is CSCCC(NC(=O)C(CC(C)C)NC(=O)CNC(=O)C(Cc1ccc(O)cc1)NC(=O)C(Cc1ccccc1)NC(=O)C(CCCCN)NC(=O)C(CC(=O)O)NC(=O)CNC(=O)C(NC(=O)C(N)CC(N)=O)C(C)O)C(N)=O. The van der Waals surface area contributed by atoms with Crippen LogP contribution in [0.5, 0.6) is 5.75 Å². The molecular formula is C51H77N13O15S. The number of unbranched alkanes of at least 4 members (excludes halogenated alkanes) is 1. The minimum atomic E-state index is -1.87. The van der Waals surface area contributed by atoms with Crippen LogP contribution in [0.4, 0.5) is 0 Å². The van der Waals surface area contributed by atoms with Gasteiger partial charge in [-0.2, -0.15) is 11.8 Å². The number of benzene rings is 2. The van der Waals surface area contributed by atoms with Crippen molar-refractivity contribution in [3.63, 3.8) is 0 Å². The lowest BCUT2D eigenvalue weighted by atomic mass is 10.0. The van der Waals surface area contributed by atoms with Crippen molar-refractivity contribution in [1.29, 1.82) is 0 Å². The van der Waals surface area contributed by atoms with Crippen LogP contribution in [0.1, 0.15) is 76.8 Å². The molecule has 2 rings (SSSR count). The third kappa shape index (κ3) is 26.2. The lowest BCUT2D eigenvalue weighted by molar-refractivity contribution is -0.141. The molecule has 0 aliphatic carbocycles. The summed E-state index contributed by atoms with van der Waals surface area (Å²) >= 11 is 1.44. The molecule has 2 aromatic carbocycles. The summed E-state index contributed by atoms with van der Waals surface area (Å²) in [5.74, 6) is -11.6. The van der Waals surface area contributed by atoms with Gasteiger partial charge < -0.3 is 86.1 Å². The number of nitrogens with one attached hydrogen (secondary N) is 9. The van der Waals surface area contributed by atoms with Crippen molar-refractivity contribution in [3.8, 4) is 5.75 Å². The van der Waals surface area contributed by atoms with E-state index in [4.69, 9.17) is 22.9 Å². The van der Waals surface area contributed by atoms with E-state index in [-0.39, 0.29) is 56.7 Å². The second-order valence-corrected chi connectivity index (χ2v) is 20.2. The highest BCUT2D eigenvalue weighted by Gasteiger charge is 2.34. The summed E-state index contributed by atoms with van der Waals surface area (Å²) in [6.45, 7) is 3.32. The Morgan fingerprint density at radius 2 is 1.06 bits per heavy atom. The molecule has 0 aromatic heterocycles. The van der Waals surface area contributed by atoms with Crippen LogP contribution in [0.3, 0.4) is 0 Å². The van der Waals surface area contributed by atoms with Gasteiger partial charge in [0, 0.05) is 12.8 Å². The molecule has 0 radical (unpaired) electrons. The highest BCUT2D eigenvalue weighted by Crippen LogP contribution is 2.14. The average Bonchev–Trinajstić information content (AvgIpc) is 3.39. The Balaban J connectivity index is 2.41. The first-order valence-corrected chi connectivity index (χ1v) is 27.0. The van der Waals surface area contributed by atoms with E-state index in [0.717, 1.165) is 6.92 Å². The lowest BCUT2D eigenvalue weighted by Crippen LogP contribution is -2.60. The number of aliphatic hydroxyl groups excluding tert-OH is 1. The van der Waals surface area contributed by atoms with Gasteiger partial charge in [0.1, 0.15) is 48.0 Å². The van der Waals surface area contributed by atoms with Gasteiger partial charge in [0.05, 0.1) is 38.1 Å². The summed E-state index contributed by atoms with van der Waals surface area (Å²) in [6, 6.07) is 2.41. The standard InChI is InChI=1S/C51H77N13O15S/c1-27(2)20-35(48(76)60-33(44(55)72)17-19-80-4)58-40(68)25-56-46(74)36(22-30-13-15-31(66)16-14-30)62-49(77)37(21-29-10-6-5-7-11-29)63-47(75)34(12-8-9-18-52)61-50(78)38(24-42(70)71)59-41(69)26-57-51(79)43(28(3)65)64-45(73)32(53)23-39(54)67/h5-7,10-11,13-16,27-28,32-38,43,65-66H,8-9,12,17-26,52-53H2,1-4H3,(H2,54,67)(H2,55,72)(H,56,74)(H,57,79)(H,58,68)(H,59,69)(H,60,76)(H,61,78)(H,62,77)(H,63,75)(H,64,73)(H,70,71). The molecular weight excluding hydrogens is 1070 g/mol. The zero-order valence-corrected chi connectivity index (χ0v) is 45.9. The third-order valence-electron chi connectivity index (χ3n) is 11.8. The van der Waals surface area contributed by atoms with Crippen LogP contribution < -0.4 is 70.8 Å². The Kier molecular flexibility index (Phi) is 30.3. The summed E-state index contributed by atoms with van der Waals surface area (Å²) in [5, 5.41) is 51.6. The zero-order chi connectivity index (χ0) is 60.1. The van der Waals surface area contributed by atoms with E-state index in [2.05, 4.69) is 47.9 Å². The normalized spacial score (nSPS) is 14.3. The molecule has 0 fully saturated rings. The van der Waals surface area contributed by atoms with Crippen molar-refractivity contribution in [1.82, 2.24) is 47.9 Å². The quantitative estimate of drug-likeness (QED) is 0.0283. The molecule has 20 N–H and O–H groups in total. The number of amides is 11. The van der Waals surface area contributed by atoms with Crippen LogP contribution in [0.15, 0.2) is 54.6 Å². The summed E-state index contributed by atoms with van der Waals surface area (Å²) in [7, 11) is 0. The van der Waals surface area contributed by atoms with Crippen LogP contribution in [-0.4, -0.2) is 172 Å². The Labute approximate surface area is 466 Å². The number of carbonyl (C=O) groups is 12. The molecule has 9 unspecified atom stereocenters. The Bertz CT molecular complexity index is 2440. The molecule has 0 bridgehead atoms. The van der Waals surface area contributed by atoms with Crippen LogP contribution in [0.25, 0.3) is 0 Å². The first kappa shape index (κ1) is 68.2. The maximum absolute atomic E-state index is 14.5. The highest BCUT2D eigenvalue weighted by atomic mass is 32.2. The van der Waals surface area contributed by atoms with Crippen molar-refractivity contribution in [2.24, 2.45) is 28.9 Å². The molecule has 80 heavy (non-hydrogen) atoms. The van der Waals surface area contributed by atoms with E-state index >= 15 is 0 Å². The molecule has 0 aliphatic rings. The van der Waals surface area contributed by atoms with Crippen LogP contribution in [0.2, 0.25) is 0 Å². The molecule has 2 aromatic rings. The first-order valence-electron chi connectivity index (χ1n) is 25.6. The van der Waals surface area contributed by atoms with E-state index in [1.165, 1.54) is 36.0 Å². The van der Waals surface area contributed by atoms with Gasteiger partial charge in [-0.1, -0.05) is 56.3 Å². The fraction of sp³-hybridized carbons (Fsp3) is 0.529. The Morgan fingerprint density at radius 1 is 0.562 bits per heavy atom. The van der Waals surface area contributed by atoms with E-state index < -0.39 is 151 Å². The minimum absolute atomic E-state index is 0.0984. The van der Waals surface area contributed by atoms with Gasteiger partial charge in [-0.25, -0.2) is 0 Å². The monoisotopic (exact) mass is 1140 g/mol. The summed E-state index contributed by atoms with van der Waals surface area (Å²) in [6.07, 6.45) is -0.891. The largest absolute Gasteiger partial charge is 0.508 e. The fourth-order valence-corrected chi connectivity index (χ4v) is 8.10. The molecule has 28 nitrogen and oxygen atoms in total. The van der Waals surface area contributed by atoms with Gasteiger partial charge in [0.2, 0.25) is 65.0 Å². The third-order valence-corrected chi connectivity index (χ3v) is 12.5.